The molecule has 6 heteroatoms. The average Bonchev–Trinajstić information content (AvgIpc) is 2.59. The first kappa shape index (κ1) is 20.2. The Labute approximate surface area is 151 Å². The highest BCUT2D eigenvalue weighted by Crippen LogP contribution is 2.11. The number of carbonyl (C=O) groups excluding carboxylic acids is 1. The van der Waals surface area contributed by atoms with Crippen molar-refractivity contribution in [1.29, 1.82) is 0 Å². The van der Waals surface area contributed by atoms with Crippen LogP contribution in [0.4, 0.5) is 5.69 Å². The number of thiocarbonyl (C=S) groups is 1. The van der Waals surface area contributed by atoms with Crippen LogP contribution in [0.5, 0.6) is 0 Å². The number of amides is 1. The molecular formula is C18H30N4OS. The summed E-state index contributed by atoms with van der Waals surface area (Å²) in [5, 5.41) is 6.68. The summed E-state index contributed by atoms with van der Waals surface area (Å²) in [4.78, 5) is 11.8. The highest BCUT2D eigenvalue weighted by Gasteiger charge is 2.07. The molecule has 1 aromatic rings. The second-order valence-corrected chi connectivity index (χ2v) is 6.43. The molecule has 0 fully saturated rings. The van der Waals surface area contributed by atoms with Crippen molar-refractivity contribution in [2.75, 3.05) is 18.4 Å². The highest BCUT2D eigenvalue weighted by atomic mass is 32.1. The fourth-order valence-corrected chi connectivity index (χ4v) is 2.38. The van der Waals surface area contributed by atoms with Crippen molar-refractivity contribution >= 4 is 28.9 Å². The number of unbranched alkanes of at least 4 members (excludes halogenated alkanes) is 1. The van der Waals surface area contributed by atoms with Crippen LogP contribution in [0, 0.1) is 12.8 Å². The molecule has 0 saturated carbocycles. The lowest BCUT2D eigenvalue weighted by atomic mass is 9.99. The summed E-state index contributed by atoms with van der Waals surface area (Å²) in [5.41, 5.74) is 7.44. The van der Waals surface area contributed by atoms with E-state index in [0.29, 0.717) is 11.0 Å². The average molecular weight is 351 g/mol. The van der Waals surface area contributed by atoms with Gasteiger partial charge in [0.05, 0.1) is 6.54 Å². The molecule has 0 aliphatic rings. The van der Waals surface area contributed by atoms with E-state index in [0.717, 1.165) is 18.7 Å². The standard InChI is InChI=1S/C18H30N4OS/c1-4-6-7-15(5-2)12-20-18(24)22-21-17(23)13-19-16-10-8-14(3)9-11-16/h8-11,15,19H,4-7,12-13H2,1-3H3,(H,21,23)(H2,20,22,24)/t15-/m1/s1. The molecule has 1 amide bonds. The van der Waals surface area contributed by atoms with Gasteiger partial charge in [-0.05, 0) is 43.6 Å². The van der Waals surface area contributed by atoms with E-state index in [2.05, 4.69) is 35.3 Å². The molecule has 1 aromatic carbocycles. The zero-order valence-electron chi connectivity index (χ0n) is 14.9. The van der Waals surface area contributed by atoms with Crippen LogP contribution in [0.1, 0.15) is 45.1 Å². The number of aryl methyl sites for hydroxylation is 1. The lowest BCUT2D eigenvalue weighted by molar-refractivity contribution is -0.119. The molecule has 0 bridgehead atoms. The van der Waals surface area contributed by atoms with Crippen LogP contribution >= 0.6 is 12.2 Å². The molecule has 4 N–H and O–H groups in total. The van der Waals surface area contributed by atoms with Crippen LogP contribution in [0.3, 0.4) is 0 Å². The van der Waals surface area contributed by atoms with E-state index in [1.165, 1.54) is 24.8 Å². The van der Waals surface area contributed by atoms with Gasteiger partial charge < -0.3 is 10.6 Å². The van der Waals surface area contributed by atoms with Gasteiger partial charge in [0.25, 0.3) is 5.91 Å². The molecular weight excluding hydrogens is 320 g/mol. The van der Waals surface area contributed by atoms with Gasteiger partial charge in [-0.2, -0.15) is 0 Å². The Hall–Kier alpha value is -1.82. The molecule has 0 heterocycles. The van der Waals surface area contributed by atoms with E-state index in [4.69, 9.17) is 12.2 Å². The summed E-state index contributed by atoms with van der Waals surface area (Å²) >= 11 is 5.19. The Kier molecular flexibility index (Phi) is 9.84. The monoisotopic (exact) mass is 350 g/mol. The molecule has 5 nitrogen and oxygen atoms in total. The fourth-order valence-electron chi connectivity index (χ4n) is 2.25. The maximum Gasteiger partial charge on any atom is 0.257 e. The number of benzene rings is 1. The Bertz CT molecular complexity index is 504. The maximum absolute atomic E-state index is 11.8. The molecule has 0 aliphatic carbocycles. The van der Waals surface area contributed by atoms with Gasteiger partial charge in [-0.1, -0.05) is 50.8 Å². The third-order valence-electron chi connectivity index (χ3n) is 3.91. The van der Waals surface area contributed by atoms with Gasteiger partial charge in [-0.15, -0.1) is 0 Å². The molecule has 1 rings (SSSR count). The van der Waals surface area contributed by atoms with Gasteiger partial charge in [0.1, 0.15) is 0 Å². The Balaban J connectivity index is 2.18. The molecule has 0 saturated heterocycles. The predicted molar refractivity (Wildman–Crippen MR) is 105 cm³/mol. The quantitative estimate of drug-likeness (QED) is 0.407. The Morgan fingerprint density at radius 2 is 1.88 bits per heavy atom. The lowest BCUT2D eigenvalue weighted by Crippen LogP contribution is -2.49. The summed E-state index contributed by atoms with van der Waals surface area (Å²) in [6.07, 6.45) is 4.78. The van der Waals surface area contributed by atoms with Crippen molar-refractivity contribution in [2.24, 2.45) is 5.92 Å². The first-order valence-corrected chi connectivity index (χ1v) is 9.09. The van der Waals surface area contributed by atoms with Crippen LogP contribution in [0.15, 0.2) is 24.3 Å². The molecule has 0 unspecified atom stereocenters. The number of carbonyl (C=O) groups is 1. The number of nitrogens with one attached hydrogen (secondary N) is 4. The summed E-state index contributed by atoms with van der Waals surface area (Å²) in [6, 6.07) is 7.90. The van der Waals surface area contributed by atoms with Crippen molar-refractivity contribution in [1.82, 2.24) is 16.2 Å². The van der Waals surface area contributed by atoms with Gasteiger partial charge in [0, 0.05) is 12.2 Å². The third-order valence-corrected chi connectivity index (χ3v) is 4.16. The minimum Gasteiger partial charge on any atom is -0.376 e. The second kappa shape index (κ2) is 11.7. The van der Waals surface area contributed by atoms with Crippen molar-refractivity contribution in [3.8, 4) is 0 Å². The summed E-state index contributed by atoms with van der Waals surface area (Å²) in [7, 11) is 0. The van der Waals surface area contributed by atoms with Crippen LogP contribution in [0.2, 0.25) is 0 Å². The van der Waals surface area contributed by atoms with Gasteiger partial charge in [-0.25, -0.2) is 0 Å². The van der Waals surface area contributed by atoms with Crippen molar-refractivity contribution in [3.05, 3.63) is 29.8 Å². The number of rotatable bonds is 9. The van der Waals surface area contributed by atoms with E-state index in [-0.39, 0.29) is 12.5 Å². The summed E-state index contributed by atoms with van der Waals surface area (Å²) in [5.74, 6) is 0.446. The molecule has 1 atom stereocenters. The van der Waals surface area contributed by atoms with Crippen molar-refractivity contribution < 1.29 is 4.79 Å². The molecule has 0 spiro atoms. The van der Waals surface area contributed by atoms with E-state index in [9.17, 15) is 4.79 Å². The first-order chi connectivity index (χ1) is 11.5. The number of hydrogen-bond acceptors (Lipinski definition) is 3. The molecule has 24 heavy (non-hydrogen) atoms. The zero-order valence-corrected chi connectivity index (χ0v) is 15.8. The van der Waals surface area contributed by atoms with Gasteiger partial charge in [0.2, 0.25) is 0 Å². The van der Waals surface area contributed by atoms with Gasteiger partial charge >= 0.3 is 0 Å². The van der Waals surface area contributed by atoms with Crippen molar-refractivity contribution in [3.63, 3.8) is 0 Å². The number of hydrazine groups is 1. The lowest BCUT2D eigenvalue weighted by Gasteiger charge is -2.17. The van der Waals surface area contributed by atoms with Crippen LogP contribution in [0.25, 0.3) is 0 Å². The second-order valence-electron chi connectivity index (χ2n) is 6.02. The van der Waals surface area contributed by atoms with E-state index in [1.807, 2.05) is 31.2 Å². The Morgan fingerprint density at radius 1 is 1.17 bits per heavy atom. The predicted octanol–water partition coefficient (Wildman–Crippen LogP) is 3.12. The SMILES string of the molecule is CCCC[C@@H](CC)CNC(=S)NNC(=O)CNc1ccc(C)cc1. The smallest absolute Gasteiger partial charge is 0.257 e. The van der Waals surface area contributed by atoms with Crippen LogP contribution in [-0.4, -0.2) is 24.1 Å². The van der Waals surface area contributed by atoms with E-state index < -0.39 is 0 Å². The summed E-state index contributed by atoms with van der Waals surface area (Å²) in [6.45, 7) is 7.44. The van der Waals surface area contributed by atoms with Crippen LogP contribution in [-0.2, 0) is 4.79 Å². The molecule has 0 aromatic heterocycles. The summed E-state index contributed by atoms with van der Waals surface area (Å²) < 4.78 is 0. The minimum atomic E-state index is -0.169. The topological polar surface area (TPSA) is 65.2 Å². The third kappa shape index (κ3) is 8.72. The Morgan fingerprint density at radius 3 is 2.50 bits per heavy atom. The van der Waals surface area contributed by atoms with Gasteiger partial charge in [0.15, 0.2) is 5.11 Å². The fraction of sp³-hybridized carbons (Fsp3) is 0.556. The van der Waals surface area contributed by atoms with E-state index in [1.54, 1.807) is 0 Å². The minimum absolute atomic E-state index is 0.169. The molecule has 0 radical (unpaired) electrons. The molecule has 134 valence electrons. The maximum atomic E-state index is 11.8. The van der Waals surface area contributed by atoms with E-state index >= 15 is 0 Å². The normalized spacial score (nSPS) is 11.5. The first-order valence-electron chi connectivity index (χ1n) is 8.68. The zero-order chi connectivity index (χ0) is 17.8. The van der Waals surface area contributed by atoms with Crippen molar-refractivity contribution in [2.45, 2.75) is 46.5 Å². The highest BCUT2D eigenvalue weighted by molar-refractivity contribution is 7.80. The largest absolute Gasteiger partial charge is 0.376 e. The molecule has 0 aliphatic heterocycles. The van der Waals surface area contributed by atoms with Crippen LogP contribution < -0.4 is 21.5 Å². The number of hydrogen-bond donors (Lipinski definition) is 4. The van der Waals surface area contributed by atoms with Gasteiger partial charge in [-0.3, -0.25) is 15.6 Å². The number of anilines is 1.